The van der Waals surface area contributed by atoms with Crippen LogP contribution in [0.1, 0.15) is 39.5 Å². The number of hydrogen-bond acceptors (Lipinski definition) is 2. The van der Waals surface area contributed by atoms with Gasteiger partial charge in [0.25, 0.3) is 0 Å². The van der Waals surface area contributed by atoms with Crippen LogP contribution in [0.5, 0.6) is 0 Å². The lowest BCUT2D eigenvalue weighted by Crippen LogP contribution is -2.02. The average molecular weight is 170 g/mol. The van der Waals surface area contributed by atoms with E-state index in [1.165, 1.54) is 0 Å². The summed E-state index contributed by atoms with van der Waals surface area (Å²) in [4.78, 5) is 10.1. The molecule has 0 rings (SSSR count). The molecule has 12 heavy (non-hydrogen) atoms. The van der Waals surface area contributed by atoms with Gasteiger partial charge in [-0.05, 0) is 13.3 Å². The van der Waals surface area contributed by atoms with E-state index in [9.17, 15) is 9.90 Å². The number of aliphatic hydroxyl groups is 1. The van der Waals surface area contributed by atoms with E-state index in [2.05, 4.69) is 6.92 Å². The zero-order valence-corrected chi connectivity index (χ0v) is 7.92. The molecule has 70 valence electrons. The molecule has 0 saturated carbocycles. The van der Waals surface area contributed by atoms with Gasteiger partial charge >= 0.3 is 0 Å². The minimum atomic E-state index is -0.370. The van der Waals surface area contributed by atoms with Crippen molar-refractivity contribution in [1.29, 1.82) is 0 Å². The third-order valence-electron chi connectivity index (χ3n) is 1.74. The second-order valence-corrected chi connectivity index (χ2v) is 3.09. The Labute approximate surface area is 74.3 Å². The van der Waals surface area contributed by atoms with Gasteiger partial charge < -0.3 is 9.90 Å². The SMILES string of the molecule is CCCCC(O)C=C(C)CC=O. The van der Waals surface area contributed by atoms with E-state index in [-0.39, 0.29) is 6.10 Å². The molecule has 0 aromatic heterocycles. The molecule has 0 aromatic rings. The van der Waals surface area contributed by atoms with Crippen molar-refractivity contribution in [3.05, 3.63) is 11.6 Å². The Balaban J connectivity index is 3.70. The van der Waals surface area contributed by atoms with E-state index in [0.29, 0.717) is 6.42 Å². The number of hydrogen-bond donors (Lipinski definition) is 1. The Morgan fingerprint density at radius 2 is 2.25 bits per heavy atom. The van der Waals surface area contributed by atoms with Gasteiger partial charge in [-0.25, -0.2) is 0 Å². The second kappa shape index (κ2) is 7.04. The van der Waals surface area contributed by atoms with Gasteiger partial charge in [-0.1, -0.05) is 31.4 Å². The molecule has 0 aliphatic carbocycles. The molecule has 0 bridgehead atoms. The zero-order valence-electron chi connectivity index (χ0n) is 7.92. The summed E-state index contributed by atoms with van der Waals surface area (Å²) in [5, 5.41) is 9.39. The normalized spacial score (nSPS) is 14.4. The minimum absolute atomic E-state index is 0.370. The average Bonchev–Trinajstić information content (AvgIpc) is 2.01. The lowest BCUT2D eigenvalue weighted by Gasteiger charge is -2.04. The van der Waals surface area contributed by atoms with Crippen LogP contribution < -0.4 is 0 Å². The highest BCUT2D eigenvalue weighted by Crippen LogP contribution is 2.05. The summed E-state index contributed by atoms with van der Waals surface area (Å²) in [5.74, 6) is 0. The van der Waals surface area contributed by atoms with Crippen molar-refractivity contribution in [3.63, 3.8) is 0 Å². The number of rotatable bonds is 6. The van der Waals surface area contributed by atoms with Crippen LogP contribution in [-0.2, 0) is 4.79 Å². The summed E-state index contributed by atoms with van der Waals surface area (Å²) in [6.07, 6.45) is 5.62. The van der Waals surface area contributed by atoms with Crippen LogP contribution in [-0.4, -0.2) is 17.5 Å². The van der Waals surface area contributed by atoms with E-state index in [1.807, 2.05) is 6.92 Å². The smallest absolute Gasteiger partial charge is 0.124 e. The zero-order chi connectivity index (χ0) is 9.40. The fourth-order valence-corrected chi connectivity index (χ4v) is 1.02. The summed E-state index contributed by atoms with van der Waals surface area (Å²) < 4.78 is 0. The Kier molecular flexibility index (Phi) is 6.67. The van der Waals surface area contributed by atoms with Gasteiger partial charge in [0.05, 0.1) is 6.10 Å². The predicted octanol–water partition coefficient (Wildman–Crippen LogP) is 2.07. The fourth-order valence-electron chi connectivity index (χ4n) is 1.02. The maximum Gasteiger partial charge on any atom is 0.124 e. The number of unbranched alkanes of at least 4 members (excludes halogenated alkanes) is 1. The van der Waals surface area contributed by atoms with Gasteiger partial charge in [-0.2, -0.15) is 0 Å². The first-order chi connectivity index (χ1) is 5.70. The van der Waals surface area contributed by atoms with E-state index < -0.39 is 0 Å². The molecule has 2 nitrogen and oxygen atoms in total. The number of carbonyl (C=O) groups excluding carboxylic acids is 1. The molecule has 1 atom stereocenters. The Morgan fingerprint density at radius 3 is 2.75 bits per heavy atom. The third-order valence-corrected chi connectivity index (χ3v) is 1.74. The monoisotopic (exact) mass is 170 g/mol. The van der Waals surface area contributed by atoms with Crippen LogP contribution in [0.4, 0.5) is 0 Å². The number of aliphatic hydroxyl groups excluding tert-OH is 1. The van der Waals surface area contributed by atoms with Crippen molar-refractivity contribution < 1.29 is 9.90 Å². The second-order valence-electron chi connectivity index (χ2n) is 3.09. The quantitative estimate of drug-likeness (QED) is 0.489. The van der Waals surface area contributed by atoms with Crippen LogP contribution in [0, 0.1) is 0 Å². The molecule has 0 saturated heterocycles. The molecule has 0 amide bonds. The summed E-state index contributed by atoms with van der Waals surface area (Å²) in [7, 11) is 0. The van der Waals surface area contributed by atoms with Gasteiger partial charge in [0.1, 0.15) is 6.29 Å². The predicted molar refractivity (Wildman–Crippen MR) is 50.0 cm³/mol. The van der Waals surface area contributed by atoms with Crippen molar-refractivity contribution in [2.45, 2.75) is 45.6 Å². The summed E-state index contributed by atoms with van der Waals surface area (Å²) >= 11 is 0. The molecule has 0 aromatic carbocycles. The van der Waals surface area contributed by atoms with Crippen LogP contribution >= 0.6 is 0 Å². The van der Waals surface area contributed by atoms with E-state index in [0.717, 1.165) is 31.1 Å². The molecule has 0 heterocycles. The maximum atomic E-state index is 10.1. The van der Waals surface area contributed by atoms with Gasteiger partial charge in [-0.3, -0.25) is 0 Å². The molecular weight excluding hydrogens is 152 g/mol. The number of carbonyl (C=O) groups is 1. The van der Waals surface area contributed by atoms with Crippen molar-refractivity contribution in [3.8, 4) is 0 Å². The fraction of sp³-hybridized carbons (Fsp3) is 0.700. The first-order valence-electron chi connectivity index (χ1n) is 4.49. The minimum Gasteiger partial charge on any atom is -0.389 e. The molecule has 0 fully saturated rings. The number of allylic oxidation sites excluding steroid dienone is 1. The van der Waals surface area contributed by atoms with Gasteiger partial charge in [-0.15, -0.1) is 0 Å². The highest BCUT2D eigenvalue weighted by molar-refractivity contribution is 5.53. The van der Waals surface area contributed by atoms with Gasteiger partial charge in [0, 0.05) is 6.42 Å². The lowest BCUT2D eigenvalue weighted by atomic mass is 10.1. The van der Waals surface area contributed by atoms with E-state index in [4.69, 9.17) is 0 Å². The Bertz CT molecular complexity index is 150. The summed E-state index contributed by atoms with van der Waals surface area (Å²) in [5.41, 5.74) is 0.952. The number of aldehydes is 1. The van der Waals surface area contributed by atoms with Crippen LogP contribution in [0.2, 0.25) is 0 Å². The van der Waals surface area contributed by atoms with Gasteiger partial charge in [0.2, 0.25) is 0 Å². The molecule has 1 unspecified atom stereocenters. The molecule has 0 aliphatic rings. The molecule has 0 radical (unpaired) electrons. The van der Waals surface area contributed by atoms with Crippen molar-refractivity contribution >= 4 is 6.29 Å². The molecule has 0 spiro atoms. The topological polar surface area (TPSA) is 37.3 Å². The van der Waals surface area contributed by atoms with Crippen molar-refractivity contribution in [1.82, 2.24) is 0 Å². The first kappa shape index (κ1) is 11.4. The van der Waals surface area contributed by atoms with Crippen LogP contribution in [0.15, 0.2) is 11.6 Å². The summed E-state index contributed by atoms with van der Waals surface area (Å²) in [6, 6.07) is 0. The molecule has 1 N–H and O–H groups in total. The Morgan fingerprint density at radius 1 is 1.58 bits per heavy atom. The lowest BCUT2D eigenvalue weighted by molar-refractivity contribution is -0.107. The van der Waals surface area contributed by atoms with Crippen LogP contribution in [0.3, 0.4) is 0 Å². The highest BCUT2D eigenvalue weighted by atomic mass is 16.3. The van der Waals surface area contributed by atoms with Crippen molar-refractivity contribution in [2.75, 3.05) is 0 Å². The van der Waals surface area contributed by atoms with Crippen LogP contribution in [0.25, 0.3) is 0 Å². The standard InChI is InChI=1S/C10H18O2/c1-3-4-5-10(12)8-9(2)6-7-11/h7-8,10,12H,3-6H2,1-2H3. The Hall–Kier alpha value is -0.630. The molecule has 2 heteroatoms. The summed E-state index contributed by atoms with van der Waals surface area (Å²) in [6.45, 7) is 3.96. The highest BCUT2D eigenvalue weighted by Gasteiger charge is 1.99. The van der Waals surface area contributed by atoms with E-state index in [1.54, 1.807) is 6.08 Å². The third kappa shape index (κ3) is 6.10. The van der Waals surface area contributed by atoms with Crippen molar-refractivity contribution in [2.24, 2.45) is 0 Å². The first-order valence-corrected chi connectivity index (χ1v) is 4.49. The molecular formula is C10H18O2. The maximum absolute atomic E-state index is 10.1. The van der Waals surface area contributed by atoms with E-state index >= 15 is 0 Å². The van der Waals surface area contributed by atoms with Gasteiger partial charge in [0.15, 0.2) is 0 Å². The molecule has 0 aliphatic heterocycles. The largest absolute Gasteiger partial charge is 0.389 e.